The summed E-state index contributed by atoms with van der Waals surface area (Å²) in [6.07, 6.45) is 6.43. The summed E-state index contributed by atoms with van der Waals surface area (Å²) >= 11 is 0. The molecule has 15 heavy (non-hydrogen) atoms. The number of pyridine rings is 1. The molecule has 0 N–H and O–H groups in total. The highest BCUT2D eigenvalue weighted by molar-refractivity contribution is 5.81. The van der Waals surface area contributed by atoms with Gasteiger partial charge < -0.3 is 0 Å². The molecule has 3 heteroatoms. The second-order valence-electron chi connectivity index (χ2n) is 4.02. The standard InChI is InChI=1S/C12H16N2O/c15-12-2-1-8-14(10-12)9-5-11-3-6-13-7-4-11/h3-4,6-7H,1-2,5,8-10H2. The zero-order valence-electron chi connectivity index (χ0n) is 8.85. The van der Waals surface area contributed by atoms with E-state index in [1.807, 2.05) is 24.5 Å². The lowest BCUT2D eigenvalue weighted by atomic mass is 10.1. The van der Waals surface area contributed by atoms with E-state index in [4.69, 9.17) is 0 Å². The Morgan fingerprint density at radius 3 is 2.87 bits per heavy atom. The minimum Gasteiger partial charge on any atom is -0.298 e. The molecule has 1 saturated heterocycles. The van der Waals surface area contributed by atoms with Crippen molar-refractivity contribution < 1.29 is 4.79 Å². The van der Waals surface area contributed by atoms with E-state index in [2.05, 4.69) is 9.88 Å². The lowest BCUT2D eigenvalue weighted by Crippen LogP contribution is -2.36. The second-order valence-corrected chi connectivity index (χ2v) is 4.02. The molecule has 0 radical (unpaired) electrons. The molecule has 1 aromatic heterocycles. The zero-order valence-corrected chi connectivity index (χ0v) is 8.85. The fourth-order valence-electron chi connectivity index (χ4n) is 1.93. The van der Waals surface area contributed by atoms with Gasteiger partial charge in [0.2, 0.25) is 0 Å². The van der Waals surface area contributed by atoms with Gasteiger partial charge in [0.25, 0.3) is 0 Å². The van der Waals surface area contributed by atoms with Gasteiger partial charge in [-0.15, -0.1) is 0 Å². The van der Waals surface area contributed by atoms with Crippen molar-refractivity contribution >= 4 is 5.78 Å². The largest absolute Gasteiger partial charge is 0.298 e. The fourth-order valence-corrected chi connectivity index (χ4v) is 1.93. The highest BCUT2D eigenvalue weighted by atomic mass is 16.1. The molecule has 0 atom stereocenters. The molecule has 2 rings (SSSR count). The van der Waals surface area contributed by atoms with Crippen LogP contribution < -0.4 is 0 Å². The second kappa shape index (κ2) is 5.03. The first-order valence-electron chi connectivity index (χ1n) is 5.47. The van der Waals surface area contributed by atoms with Crippen LogP contribution in [-0.2, 0) is 11.2 Å². The Balaban J connectivity index is 1.80. The van der Waals surface area contributed by atoms with Crippen molar-refractivity contribution in [2.45, 2.75) is 19.3 Å². The number of rotatable bonds is 3. The number of Topliss-reactive ketones (excluding diaryl/α,β-unsaturated/α-hetero) is 1. The highest BCUT2D eigenvalue weighted by Crippen LogP contribution is 2.07. The Labute approximate surface area is 90.1 Å². The van der Waals surface area contributed by atoms with Gasteiger partial charge in [-0.05, 0) is 37.1 Å². The van der Waals surface area contributed by atoms with Gasteiger partial charge in [-0.1, -0.05) is 0 Å². The molecule has 80 valence electrons. The van der Waals surface area contributed by atoms with E-state index in [-0.39, 0.29) is 0 Å². The number of aromatic nitrogens is 1. The van der Waals surface area contributed by atoms with Crippen LogP contribution in [0.5, 0.6) is 0 Å². The molecule has 3 nitrogen and oxygen atoms in total. The Hall–Kier alpha value is -1.22. The molecule has 1 aromatic rings. The Bertz CT molecular complexity index is 324. The van der Waals surface area contributed by atoms with Crippen LogP contribution in [0.1, 0.15) is 18.4 Å². The lowest BCUT2D eigenvalue weighted by Gasteiger charge is -2.25. The van der Waals surface area contributed by atoms with Gasteiger partial charge in [-0.25, -0.2) is 0 Å². The van der Waals surface area contributed by atoms with Crippen molar-refractivity contribution in [3.05, 3.63) is 30.1 Å². The van der Waals surface area contributed by atoms with Crippen LogP contribution in [0.4, 0.5) is 0 Å². The predicted octanol–water partition coefficient (Wildman–Crippen LogP) is 1.29. The van der Waals surface area contributed by atoms with Crippen LogP contribution in [0.3, 0.4) is 0 Å². The van der Waals surface area contributed by atoms with E-state index in [0.717, 1.165) is 32.4 Å². The number of likely N-dealkylation sites (tertiary alicyclic amines) is 1. The monoisotopic (exact) mass is 204 g/mol. The maximum Gasteiger partial charge on any atom is 0.146 e. The third-order valence-corrected chi connectivity index (χ3v) is 2.80. The summed E-state index contributed by atoms with van der Waals surface area (Å²) in [6.45, 7) is 2.69. The van der Waals surface area contributed by atoms with Gasteiger partial charge in [0.05, 0.1) is 6.54 Å². The summed E-state index contributed by atoms with van der Waals surface area (Å²) in [5.74, 6) is 0.385. The molecular formula is C12H16N2O. The third kappa shape index (κ3) is 3.13. The molecule has 1 aliphatic rings. The molecule has 0 aromatic carbocycles. The van der Waals surface area contributed by atoms with Crippen LogP contribution in [0, 0.1) is 0 Å². The summed E-state index contributed by atoms with van der Waals surface area (Å²) in [4.78, 5) is 17.5. The first kappa shape index (κ1) is 10.3. The van der Waals surface area contributed by atoms with Crippen LogP contribution in [0.2, 0.25) is 0 Å². The fraction of sp³-hybridized carbons (Fsp3) is 0.500. The molecular weight excluding hydrogens is 188 g/mol. The molecule has 0 unspecified atom stereocenters. The molecule has 0 bridgehead atoms. The van der Waals surface area contributed by atoms with Crippen LogP contribution in [-0.4, -0.2) is 35.3 Å². The average molecular weight is 204 g/mol. The molecule has 0 saturated carbocycles. The van der Waals surface area contributed by atoms with E-state index in [1.54, 1.807) is 0 Å². The van der Waals surface area contributed by atoms with Crippen LogP contribution in [0.25, 0.3) is 0 Å². The third-order valence-electron chi connectivity index (χ3n) is 2.80. The molecule has 1 aliphatic heterocycles. The zero-order chi connectivity index (χ0) is 10.5. The number of hydrogen-bond donors (Lipinski definition) is 0. The molecule has 2 heterocycles. The van der Waals surface area contributed by atoms with E-state index >= 15 is 0 Å². The van der Waals surface area contributed by atoms with Gasteiger partial charge in [0.1, 0.15) is 5.78 Å². The van der Waals surface area contributed by atoms with Crippen molar-refractivity contribution in [1.29, 1.82) is 0 Å². The van der Waals surface area contributed by atoms with Gasteiger partial charge in [-0.2, -0.15) is 0 Å². The van der Waals surface area contributed by atoms with Crippen LogP contribution in [0.15, 0.2) is 24.5 Å². The number of hydrogen-bond acceptors (Lipinski definition) is 3. The Morgan fingerprint density at radius 1 is 1.33 bits per heavy atom. The quantitative estimate of drug-likeness (QED) is 0.744. The van der Waals surface area contributed by atoms with Crippen molar-refractivity contribution in [3.63, 3.8) is 0 Å². The normalized spacial score (nSPS) is 18.0. The maximum atomic E-state index is 11.2. The summed E-state index contributed by atoms with van der Waals surface area (Å²) < 4.78 is 0. The van der Waals surface area contributed by atoms with E-state index in [9.17, 15) is 4.79 Å². The smallest absolute Gasteiger partial charge is 0.146 e. The van der Waals surface area contributed by atoms with Crippen molar-refractivity contribution in [2.75, 3.05) is 19.6 Å². The first-order chi connectivity index (χ1) is 7.34. The van der Waals surface area contributed by atoms with Gasteiger partial charge in [0.15, 0.2) is 0 Å². The molecule has 1 fully saturated rings. The number of carbonyl (C=O) groups excluding carboxylic acids is 1. The summed E-state index contributed by atoms with van der Waals surface area (Å²) in [6, 6.07) is 4.07. The number of nitrogens with zero attached hydrogens (tertiary/aromatic N) is 2. The number of piperidine rings is 1. The number of carbonyl (C=O) groups is 1. The molecule has 0 amide bonds. The van der Waals surface area contributed by atoms with Crippen molar-refractivity contribution in [3.8, 4) is 0 Å². The summed E-state index contributed by atoms with van der Waals surface area (Å²) in [7, 11) is 0. The van der Waals surface area contributed by atoms with Crippen molar-refractivity contribution in [1.82, 2.24) is 9.88 Å². The SMILES string of the molecule is O=C1CCCN(CCc2ccncc2)C1. The summed E-state index contributed by atoms with van der Waals surface area (Å²) in [5, 5.41) is 0. The highest BCUT2D eigenvalue weighted by Gasteiger charge is 2.15. The van der Waals surface area contributed by atoms with E-state index in [0.29, 0.717) is 12.3 Å². The van der Waals surface area contributed by atoms with Crippen LogP contribution >= 0.6 is 0 Å². The topological polar surface area (TPSA) is 33.2 Å². The molecule has 0 aliphatic carbocycles. The Morgan fingerprint density at radius 2 is 2.13 bits per heavy atom. The lowest BCUT2D eigenvalue weighted by molar-refractivity contribution is -0.122. The first-order valence-corrected chi connectivity index (χ1v) is 5.47. The summed E-state index contributed by atoms with van der Waals surface area (Å²) in [5.41, 5.74) is 1.29. The maximum absolute atomic E-state index is 11.2. The van der Waals surface area contributed by atoms with E-state index < -0.39 is 0 Å². The van der Waals surface area contributed by atoms with Crippen molar-refractivity contribution in [2.24, 2.45) is 0 Å². The number of ketones is 1. The molecule has 0 spiro atoms. The van der Waals surface area contributed by atoms with E-state index in [1.165, 1.54) is 5.56 Å². The Kier molecular flexibility index (Phi) is 3.45. The van der Waals surface area contributed by atoms with Gasteiger partial charge >= 0.3 is 0 Å². The minimum atomic E-state index is 0.385. The van der Waals surface area contributed by atoms with Gasteiger partial charge in [-0.3, -0.25) is 14.7 Å². The minimum absolute atomic E-state index is 0.385. The van der Waals surface area contributed by atoms with Gasteiger partial charge in [0, 0.05) is 25.4 Å². The predicted molar refractivity (Wildman–Crippen MR) is 58.6 cm³/mol. The average Bonchev–Trinajstić information content (AvgIpc) is 2.28.